The standard InChI is InChI=1S/C27H22N4O4S/c32-23(29-17-8-2-1-3-9-17)16-31-25(24(30-27(31)36)20-12-6-7-15-28-20)22-14-13-21(35-22)18-10-4-5-11-19(18)26(33)34/h1-15,24-25H,16H2,(H,29,32)(H,30,36)(H,33,34)/t24-,25-/m1/s1. The van der Waals surface area contributed by atoms with Crippen LogP contribution in [-0.2, 0) is 4.79 Å². The lowest BCUT2D eigenvalue weighted by Crippen LogP contribution is -2.36. The van der Waals surface area contributed by atoms with Gasteiger partial charge in [-0.25, -0.2) is 4.79 Å². The van der Waals surface area contributed by atoms with Crippen LogP contribution in [0.2, 0.25) is 0 Å². The van der Waals surface area contributed by atoms with Crippen molar-refractivity contribution in [2.75, 3.05) is 11.9 Å². The summed E-state index contributed by atoms with van der Waals surface area (Å²) < 4.78 is 6.21. The molecule has 5 rings (SSSR count). The molecule has 36 heavy (non-hydrogen) atoms. The maximum absolute atomic E-state index is 12.9. The maximum Gasteiger partial charge on any atom is 0.336 e. The van der Waals surface area contributed by atoms with Crippen molar-refractivity contribution < 1.29 is 19.1 Å². The highest BCUT2D eigenvalue weighted by molar-refractivity contribution is 7.80. The second kappa shape index (κ2) is 10.0. The quantitative estimate of drug-likeness (QED) is 0.316. The summed E-state index contributed by atoms with van der Waals surface area (Å²) in [6, 6.07) is 24.1. The fourth-order valence-electron chi connectivity index (χ4n) is 4.30. The van der Waals surface area contributed by atoms with E-state index in [2.05, 4.69) is 15.6 Å². The summed E-state index contributed by atoms with van der Waals surface area (Å²) in [6.07, 6.45) is 1.69. The predicted octanol–water partition coefficient (Wildman–Crippen LogP) is 4.65. The fraction of sp³-hybridized carbons (Fsp3) is 0.111. The zero-order valence-electron chi connectivity index (χ0n) is 19.0. The van der Waals surface area contributed by atoms with Crippen LogP contribution in [0.1, 0.15) is 33.9 Å². The van der Waals surface area contributed by atoms with Gasteiger partial charge in [0, 0.05) is 17.4 Å². The van der Waals surface area contributed by atoms with E-state index in [1.807, 2.05) is 48.5 Å². The summed E-state index contributed by atoms with van der Waals surface area (Å²) >= 11 is 5.62. The number of hydrogen-bond acceptors (Lipinski definition) is 5. The molecule has 1 saturated heterocycles. The summed E-state index contributed by atoms with van der Waals surface area (Å²) in [5.74, 6) is -0.340. The van der Waals surface area contributed by atoms with E-state index in [4.69, 9.17) is 16.6 Å². The van der Waals surface area contributed by atoms with Crippen LogP contribution in [0.5, 0.6) is 0 Å². The number of nitrogens with zero attached hydrogens (tertiary/aromatic N) is 2. The largest absolute Gasteiger partial charge is 0.478 e. The second-order valence-electron chi connectivity index (χ2n) is 8.22. The predicted molar refractivity (Wildman–Crippen MR) is 138 cm³/mol. The van der Waals surface area contributed by atoms with E-state index in [9.17, 15) is 14.7 Å². The van der Waals surface area contributed by atoms with E-state index in [0.29, 0.717) is 27.9 Å². The highest BCUT2D eigenvalue weighted by Gasteiger charge is 2.42. The number of hydrogen-bond donors (Lipinski definition) is 3. The van der Waals surface area contributed by atoms with Gasteiger partial charge in [-0.3, -0.25) is 9.78 Å². The zero-order chi connectivity index (χ0) is 25.1. The molecule has 9 heteroatoms. The van der Waals surface area contributed by atoms with Crippen molar-refractivity contribution in [1.29, 1.82) is 0 Å². The second-order valence-corrected chi connectivity index (χ2v) is 8.61. The Morgan fingerprint density at radius 3 is 2.50 bits per heavy atom. The average molecular weight is 499 g/mol. The molecule has 1 amide bonds. The van der Waals surface area contributed by atoms with Gasteiger partial charge in [0.25, 0.3) is 0 Å². The Balaban J connectivity index is 1.49. The van der Waals surface area contributed by atoms with Crippen LogP contribution in [0.4, 0.5) is 5.69 Å². The average Bonchev–Trinajstić information content (AvgIpc) is 3.50. The Labute approximate surface area is 212 Å². The molecule has 8 nitrogen and oxygen atoms in total. The minimum absolute atomic E-state index is 0.0174. The molecule has 2 aromatic heterocycles. The number of benzene rings is 2. The molecule has 3 heterocycles. The Bertz CT molecular complexity index is 1410. The summed E-state index contributed by atoms with van der Waals surface area (Å²) in [4.78, 5) is 30.9. The van der Waals surface area contributed by atoms with Gasteiger partial charge in [0.1, 0.15) is 24.1 Å². The molecule has 3 N–H and O–H groups in total. The van der Waals surface area contributed by atoms with Gasteiger partial charge in [0.15, 0.2) is 5.11 Å². The number of carbonyl (C=O) groups is 2. The van der Waals surface area contributed by atoms with Gasteiger partial charge < -0.3 is 25.1 Å². The first-order chi connectivity index (χ1) is 17.5. The smallest absolute Gasteiger partial charge is 0.336 e. The van der Waals surface area contributed by atoms with Gasteiger partial charge in [-0.05, 0) is 54.7 Å². The highest BCUT2D eigenvalue weighted by Crippen LogP contribution is 2.40. The van der Waals surface area contributed by atoms with Gasteiger partial charge >= 0.3 is 5.97 Å². The fourth-order valence-corrected chi connectivity index (χ4v) is 4.61. The molecule has 0 unspecified atom stereocenters. The normalized spacial score (nSPS) is 17.0. The number of thiocarbonyl (C=S) groups is 1. The first kappa shape index (κ1) is 23.3. The molecule has 180 valence electrons. The number of para-hydroxylation sites is 1. The van der Waals surface area contributed by atoms with Crippen molar-refractivity contribution in [3.05, 3.63) is 108 Å². The molecule has 0 radical (unpaired) electrons. The number of carboxylic acids is 1. The SMILES string of the molecule is O=C(CN1C(=S)N[C@H](c2ccccn2)[C@H]1c1ccc(-c2ccccc2C(=O)O)o1)Nc1ccccc1. The van der Waals surface area contributed by atoms with Crippen molar-refractivity contribution >= 4 is 34.9 Å². The Morgan fingerprint density at radius 1 is 1.00 bits per heavy atom. The molecule has 1 aliphatic heterocycles. The number of carboxylic acid groups (broad SMARTS) is 1. The maximum atomic E-state index is 12.9. The van der Waals surface area contributed by atoms with E-state index in [1.54, 1.807) is 41.4 Å². The van der Waals surface area contributed by atoms with E-state index in [0.717, 1.165) is 5.69 Å². The van der Waals surface area contributed by atoms with Crippen molar-refractivity contribution in [2.24, 2.45) is 0 Å². The summed E-state index contributed by atoms with van der Waals surface area (Å²) in [5, 5.41) is 16.2. The van der Waals surface area contributed by atoms with E-state index in [1.165, 1.54) is 6.07 Å². The number of pyridine rings is 1. The molecule has 4 aromatic rings. The van der Waals surface area contributed by atoms with E-state index < -0.39 is 12.0 Å². The summed E-state index contributed by atoms with van der Waals surface area (Å²) in [6.45, 7) is -0.0174. The number of nitrogens with one attached hydrogen (secondary N) is 2. The van der Waals surface area contributed by atoms with Gasteiger partial charge in [-0.2, -0.15) is 0 Å². The molecule has 1 fully saturated rings. The van der Waals surface area contributed by atoms with Crippen LogP contribution >= 0.6 is 12.2 Å². The van der Waals surface area contributed by atoms with E-state index in [-0.39, 0.29) is 24.1 Å². The Hall–Kier alpha value is -4.50. The zero-order valence-corrected chi connectivity index (χ0v) is 19.8. The lowest BCUT2D eigenvalue weighted by molar-refractivity contribution is -0.116. The number of furan rings is 1. The summed E-state index contributed by atoms with van der Waals surface area (Å²) in [7, 11) is 0. The third kappa shape index (κ3) is 4.69. The Morgan fingerprint density at radius 2 is 1.75 bits per heavy atom. The molecule has 2 atom stereocenters. The lowest BCUT2D eigenvalue weighted by Gasteiger charge is -2.25. The highest BCUT2D eigenvalue weighted by atomic mass is 32.1. The minimum atomic E-state index is -1.04. The van der Waals surface area contributed by atoms with Crippen molar-refractivity contribution in [2.45, 2.75) is 12.1 Å². The van der Waals surface area contributed by atoms with E-state index >= 15 is 0 Å². The van der Waals surface area contributed by atoms with Crippen LogP contribution in [0.15, 0.2) is 95.5 Å². The Kier molecular flexibility index (Phi) is 6.46. The molecule has 0 aliphatic carbocycles. The van der Waals surface area contributed by atoms with Crippen molar-refractivity contribution in [3.63, 3.8) is 0 Å². The van der Waals surface area contributed by atoms with Gasteiger partial charge in [0.2, 0.25) is 5.91 Å². The minimum Gasteiger partial charge on any atom is -0.478 e. The number of aromatic carboxylic acids is 1. The van der Waals surface area contributed by atoms with Crippen molar-refractivity contribution in [1.82, 2.24) is 15.2 Å². The van der Waals surface area contributed by atoms with Gasteiger partial charge in [-0.15, -0.1) is 0 Å². The monoisotopic (exact) mass is 498 g/mol. The number of carbonyl (C=O) groups excluding carboxylic acids is 1. The van der Waals surface area contributed by atoms with Gasteiger partial charge in [-0.1, -0.05) is 42.5 Å². The third-order valence-corrected chi connectivity index (χ3v) is 6.26. The third-order valence-electron chi connectivity index (χ3n) is 5.91. The van der Waals surface area contributed by atoms with Crippen LogP contribution in [0.3, 0.4) is 0 Å². The lowest BCUT2D eigenvalue weighted by atomic mass is 10.0. The number of anilines is 1. The molecular formula is C27H22N4O4S. The van der Waals surface area contributed by atoms with Crippen LogP contribution in [0, 0.1) is 0 Å². The number of aromatic nitrogens is 1. The number of rotatable bonds is 7. The molecule has 0 spiro atoms. The topological polar surface area (TPSA) is 108 Å². The van der Waals surface area contributed by atoms with Crippen LogP contribution < -0.4 is 10.6 Å². The van der Waals surface area contributed by atoms with Crippen LogP contribution in [-0.4, -0.2) is 38.5 Å². The van der Waals surface area contributed by atoms with Crippen LogP contribution in [0.25, 0.3) is 11.3 Å². The summed E-state index contributed by atoms with van der Waals surface area (Å²) in [5.41, 5.74) is 2.02. The molecular weight excluding hydrogens is 476 g/mol. The molecule has 0 saturated carbocycles. The number of amides is 1. The van der Waals surface area contributed by atoms with Crippen molar-refractivity contribution in [3.8, 4) is 11.3 Å². The molecule has 2 aromatic carbocycles. The first-order valence-electron chi connectivity index (χ1n) is 11.3. The first-order valence-corrected chi connectivity index (χ1v) is 11.7. The molecule has 1 aliphatic rings. The van der Waals surface area contributed by atoms with Gasteiger partial charge in [0.05, 0.1) is 17.3 Å². The molecule has 0 bridgehead atoms.